The Labute approximate surface area is 148 Å². The van der Waals surface area contributed by atoms with Gasteiger partial charge in [0.05, 0.1) is 35.9 Å². The van der Waals surface area contributed by atoms with Crippen molar-refractivity contribution in [3.63, 3.8) is 0 Å². The van der Waals surface area contributed by atoms with Gasteiger partial charge in [-0.05, 0) is 32.9 Å². The minimum Gasteiger partial charge on any atom is -0.468 e. The van der Waals surface area contributed by atoms with E-state index in [1.807, 2.05) is 40.0 Å². The predicted molar refractivity (Wildman–Crippen MR) is 96.3 cm³/mol. The van der Waals surface area contributed by atoms with Gasteiger partial charge in [0.25, 0.3) is 0 Å². The van der Waals surface area contributed by atoms with Gasteiger partial charge < -0.3 is 9.73 Å². The third kappa shape index (κ3) is 3.93. The van der Waals surface area contributed by atoms with Crippen LogP contribution in [0.15, 0.2) is 22.8 Å². The second kappa shape index (κ2) is 7.41. The van der Waals surface area contributed by atoms with E-state index in [-0.39, 0.29) is 11.9 Å². The van der Waals surface area contributed by atoms with Gasteiger partial charge in [-0.1, -0.05) is 0 Å². The van der Waals surface area contributed by atoms with Gasteiger partial charge in [0.2, 0.25) is 5.91 Å². The Balaban J connectivity index is 1.53. The number of carbonyl (C=O) groups excluding carboxylic acids is 1. The Morgan fingerprint density at radius 3 is 2.60 bits per heavy atom. The summed E-state index contributed by atoms with van der Waals surface area (Å²) in [7, 11) is 1.89. The van der Waals surface area contributed by atoms with Crippen LogP contribution >= 0.6 is 0 Å². The van der Waals surface area contributed by atoms with Gasteiger partial charge in [-0.3, -0.25) is 19.3 Å². The second-order valence-corrected chi connectivity index (χ2v) is 6.73. The smallest absolute Gasteiger partial charge is 0.241 e. The van der Waals surface area contributed by atoms with E-state index in [0.29, 0.717) is 0 Å². The van der Waals surface area contributed by atoms with Crippen molar-refractivity contribution in [3.05, 3.63) is 35.5 Å². The van der Waals surface area contributed by atoms with Crippen molar-refractivity contribution >= 4 is 11.6 Å². The molecule has 7 nitrogen and oxygen atoms in total. The molecule has 0 spiro atoms. The van der Waals surface area contributed by atoms with E-state index < -0.39 is 0 Å². The molecule has 1 atom stereocenters. The molecule has 1 N–H and O–H groups in total. The summed E-state index contributed by atoms with van der Waals surface area (Å²) < 4.78 is 7.21. The van der Waals surface area contributed by atoms with Crippen molar-refractivity contribution in [1.82, 2.24) is 19.6 Å². The van der Waals surface area contributed by atoms with Gasteiger partial charge in [-0.15, -0.1) is 0 Å². The highest BCUT2D eigenvalue weighted by atomic mass is 16.3. The molecule has 1 saturated heterocycles. The molecule has 1 aliphatic rings. The normalized spacial score (nSPS) is 17.6. The molecule has 7 heteroatoms. The van der Waals surface area contributed by atoms with Gasteiger partial charge in [-0.2, -0.15) is 5.10 Å². The van der Waals surface area contributed by atoms with Crippen LogP contribution in [0.25, 0.3) is 0 Å². The Morgan fingerprint density at radius 2 is 2.04 bits per heavy atom. The van der Waals surface area contributed by atoms with E-state index in [9.17, 15) is 4.79 Å². The molecule has 1 amide bonds. The van der Waals surface area contributed by atoms with Gasteiger partial charge in [0, 0.05) is 33.2 Å². The summed E-state index contributed by atoms with van der Waals surface area (Å²) in [6, 6.07) is 3.76. The molecule has 3 rings (SSSR count). The number of furan rings is 1. The SMILES string of the molecule is Cc1nn(C)c(C)c1NC(=O)[C@@H](C)N1CCN(Cc2ccco2)CC1. The first-order chi connectivity index (χ1) is 12.0. The van der Waals surface area contributed by atoms with Gasteiger partial charge >= 0.3 is 0 Å². The molecule has 0 bridgehead atoms. The van der Waals surface area contributed by atoms with E-state index >= 15 is 0 Å². The van der Waals surface area contributed by atoms with Gasteiger partial charge in [-0.25, -0.2) is 0 Å². The minimum absolute atomic E-state index is 0.0266. The molecule has 2 aromatic rings. The molecule has 0 aliphatic carbocycles. The van der Waals surface area contributed by atoms with Crippen LogP contribution in [-0.4, -0.2) is 57.7 Å². The lowest BCUT2D eigenvalue weighted by Gasteiger charge is -2.37. The summed E-state index contributed by atoms with van der Waals surface area (Å²) in [4.78, 5) is 17.2. The Kier molecular flexibility index (Phi) is 5.24. The molecule has 0 unspecified atom stereocenters. The number of hydrogen-bond donors (Lipinski definition) is 1. The topological polar surface area (TPSA) is 66.5 Å². The summed E-state index contributed by atoms with van der Waals surface area (Å²) >= 11 is 0. The number of aromatic nitrogens is 2. The average Bonchev–Trinajstić information content (AvgIpc) is 3.19. The molecular weight excluding hydrogens is 318 g/mol. The van der Waals surface area contributed by atoms with Crippen LogP contribution in [0.1, 0.15) is 24.1 Å². The van der Waals surface area contributed by atoms with Crippen LogP contribution < -0.4 is 5.32 Å². The lowest BCUT2D eigenvalue weighted by molar-refractivity contribution is -0.121. The highest BCUT2D eigenvalue weighted by Crippen LogP contribution is 2.19. The molecule has 136 valence electrons. The highest BCUT2D eigenvalue weighted by Gasteiger charge is 2.26. The van der Waals surface area contributed by atoms with Crippen molar-refractivity contribution in [2.75, 3.05) is 31.5 Å². The molecule has 0 radical (unpaired) electrons. The number of amides is 1. The molecule has 1 aliphatic heterocycles. The zero-order valence-electron chi connectivity index (χ0n) is 15.5. The molecule has 1 fully saturated rings. The zero-order chi connectivity index (χ0) is 18.0. The number of hydrogen-bond acceptors (Lipinski definition) is 5. The fraction of sp³-hybridized carbons (Fsp3) is 0.556. The van der Waals surface area contributed by atoms with Crippen LogP contribution in [0.3, 0.4) is 0 Å². The number of piperazine rings is 1. The minimum atomic E-state index is -0.162. The van der Waals surface area contributed by atoms with Gasteiger partial charge in [0.15, 0.2) is 0 Å². The maximum absolute atomic E-state index is 12.6. The molecule has 0 aromatic carbocycles. The summed E-state index contributed by atoms with van der Waals surface area (Å²) in [5.41, 5.74) is 2.65. The second-order valence-electron chi connectivity index (χ2n) is 6.73. The van der Waals surface area contributed by atoms with E-state index in [1.54, 1.807) is 10.9 Å². The third-order valence-corrected chi connectivity index (χ3v) is 5.05. The van der Waals surface area contributed by atoms with E-state index in [1.165, 1.54) is 0 Å². The summed E-state index contributed by atoms with van der Waals surface area (Å²) in [6.07, 6.45) is 1.71. The standard InChI is InChI=1S/C18H27N5O2/c1-13-17(14(2)21(4)20-13)19-18(24)15(3)23-9-7-22(8-10-23)12-16-6-5-11-25-16/h5-6,11,15H,7-10,12H2,1-4H3,(H,19,24)/t15-/m1/s1. The third-order valence-electron chi connectivity index (χ3n) is 5.05. The average molecular weight is 345 g/mol. The quantitative estimate of drug-likeness (QED) is 0.895. The maximum Gasteiger partial charge on any atom is 0.241 e. The summed E-state index contributed by atoms with van der Waals surface area (Å²) in [5.74, 6) is 1.01. The summed E-state index contributed by atoms with van der Waals surface area (Å²) in [6.45, 7) is 10.3. The number of rotatable bonds is 5. The summed E-state index contributed by atoms with van der Waals surface area (Å²) in [5, 5.41) is 7.41. The highest BCUT2D eigenvalue weighted by molar-refractivity contribution is 5.95. The number of nitrogens with one attached hydrogen (secondary N) is 1. The number of aryl methyl sites for hydroxylation is 2. The van der Waals surface area contributed by atoms with Crippen LogP contribution in [0.4, 0.5) is 5.69 Å². The molecule has 3 heterocycles. The van der Waals surface area contributed by atoms with Gasteiger partial charge in [0.1, 0.15) is 5.76 Å². The largest absolute Gasteiger partial charge is 0.468 e. The van der Waals surface area contributed by atoms with Crippen molar-refractivity contribution in [1.29, 1.82) is 0 Å². The Hall–Kier alpha value is -2.12. The maximum atomic E-state index is 12.6. The van der Waals surface area contributed by atoms with Crippen LogP contribution in [0.5, 0.6) is 0 Å². The van der Waals surface area contributed by atoms with Crippen LogP contribution in [0.2, 0.25) is 0 Å². The molecule has 0 saturated carbocycles. The number of nitrogens with zero attached hydrogens (tertiary/aromatic N) is 4. The monoisotopic (exact) mass is 345 g/mol. The fourth-order valence-electron chi connectivity index (χ4n) is 3.28. The van der Waals surface area contributed by atoms with Crippen molar-refractivity contribution in [3.8, 4) is 0 Å². The van der Waals surface area contributed by atoms with Crippen molar-refractivity contribution < 1.29 is 9.21 Å². The lowest BCUT2D eigenvalue weighted by Crippen LogP contribution is -2.52. The van der Waals surface area contributed by atoms with E-state index in [0.717, 1.165) is 55.6 Å². The predicted octanol–water partition coefficient (Wildman–Crippen LogP) is 1.77. The first kappa shape index (κ1) is 17.7. The van der Waals surface area contributed by atoms with E-state index in [2.05, 4.69) is 20.2 Å². The molecule has 2 aromatic heterocycles. The number of anilines is 1. The van der Waals surface area contributed by atoms with Crippen LogP contribution in [0, 0.1) is 13.8 Å². The number of carbonyl (C=O) groups is 1. The Bertz CT molecular complexity index is 714. The molecule has 25 heavy (non-hydrogen) atoms. The lowest BCUT2D eigenvalue weighted by atomic mass is 10.2. The van der Waals surface area contributed by atoms with E-state index in [4.69, 9.17) is 4.42 Å². The first-order valence-electron chi connectivity index (χ1n) is 8.75. The Morgan fingerprint density at radius 1 is 1.32 bits per heavy atom. The van der Waals surface area contributed by atoms with Crippen molar-refractivity contribution in [2.45, 2.75) is 33.4 Å². The molecular formula is C18H27N5O2. The van der Waals surface area contributed by atoms with Crippen molar-refractivity contribution in [2.24, 2.45) is 7.05 Å². The van der Waals surface area contributed by atoms with Crippen LogP contribution in [-0.2, 0) is 18.4 Å². The fourth-order valence-corrected chi connectivity index (χ4v) is 3.28. The first-order valence-corrected chi connectivity index (χ1v) is 8.75. The zero-order valence-corrected chi connectivity index (χ0v) is 15.5.